The third-order valence-corrected chi connectivity index (χ3v) is 7.75. The SMILES string of the molecule is O=C1c2c3c(c(O)c(=O)n2[C@H](C2CC2)N1CC1(O)CCC1)[NH+]([O-])N(Cc1ccc(F)cc1)CC3. The van der Waals surface area contributed by atoms with E-state index in [0.29, 0.717) is 31.4 Å². The number of pyridine rings is 1. The summed E-state index contributed by atoms with van der Waals surface area (Å²) in [5.41, 5.74) is -0.502. The molecule has 0 spiro atoms. The fraction of sp³-hybridized carbons (Fsp3) is 0.500. The molecule has 34 heavy (non-hydrogen) atoms. The molecule has 1 aromatic carbocycles. The summed E-state index contributed by atoms with van der Waals surface area (Å²) >= 11 is 0. The Morgan fingerprint density at radius 2 is 1.88 bits per heavy atom. The first-order chi connectivity index (χ1) is 16.3. The highest BCUT2D eigenvalue weighted by Crippen LogP contribution is 2.48. The smallest absolute Gasteiger partial charge is 0.301 e. The number of halogens is 1. The van der Waals surface area contributed by atoms with Crippen molar-refractivity contribution in [1.29, 1.82) is 0 Å². The molecule has 1 aromatic heterocycles. The molecule has 1 amide bonds. The van der Waals surface area contributed by atoms with E-state index in [0.717, 1.165) is 24.8 Å². The van der Waals surface area contributed by atoms with E-state index in [2.05, 4.69) is 0 Å². The lowest BCUT2D eigenvalue weighted by atomic mass is 9.80. The number of rotatable bonds is 5. The molecule has 9 nitrogen and oxygen atoms in total. The number of aromatic hydroxyl groups is 1. The molecule has 2 atom stereocenters. The second-order valence-electron chi connectivity index (χ2n) is 10.1. The number of fused-ring (bicyclic) bond motifs is 3. The van der Waals surface area contributed by atoms with E-state index in [4.69, 9.17) is 0 Å². The molecule has 2 aliphatic carbocycles. The number of amides is 1. The van der Waals surface area contributed by atoms with Crippen LogP contribution < -0.4 is 10.7 Å². The predicted octanol–water partition coefficient (Wildman–Crippen LogP) is 0.960. The van der Waals surface area contributed by atoms with Gasteiger partial charge in [-0.3, -0.25) is 19.3 Å². The molecule has 2 saturated carbocycles. The number of aliphatic hydroxyl groups is 1. The van der Waals surface area contributed by atoms with Gasteiger partial charge >= 0.3 is 5.56 Å². The molecule has 180 valence electrons. The Morgan fingerprint density at radius 3 is 2.50 bits per heavy atom. The van der Waals surface area contributed by atoms with Crippen molar-refractivity contribution >= 4 is 11.6 Å². The molecular formula is C24H27FN4O5. The minimum atomic E-state index is -0.946. The van der Waals surface area contributed by atoms with Crippen molar-refractivity contribution in [2.24, 2.45) is 5.92 Å². The lowest BCUT2D eigenvalue weighted by Crippen LogP contribution is -3.10. The fourth-order valence-corrected chi connectivity index (χ4v) is 5.64. The minimum Gasteiger partial charge on any atom is -0.608 e. The minimum absolute atomic E-state index is 0.0956. The van der Waals surface area contributed by atoms with Gasteiger partial charge < -0.3 is 20.3 Å². The van der Waals surface area contributed by atoms with Gasteiger partial charge in [0.1, 0.15) is 17.7 Å². The summed E-state index contributed by atoms with van der Waals surface area (Å²) in [5, 5.41) is 36.0. The number of aromatic nitrogens is 1. The van der Waals surface area contributed by atoms with Gasteiger partial charge in [-0.1, -0.05) is 12.1 Å². The maximum atomic E-state index is 13.6. The zero-order chi connectivity index (χ0) is 23.8. The second-order valence-corrected chi connectivity index (χ2v) is 10.1. The standard InChI is InChI=1S/C24H27FN4O5/c25-16-6-2-14(3-7-16)12-26-11-8-17-18(29(26)34)20(30)23(32)28-19(17)22(31)27(21(28)15-4-5-15)13-24(33)9-1-10-24/h2-3,6-7,15,21,29-30,33H,1,4-5,8-13H2/t21-/m1/s1. The molecule has 2 fully saturated rings. The number of β-amino-alcohol motifs (C(OH)–C–C–N with tert-alkyl or cyclic N) is 1. The summed E-state index contributed by atoms with van der Waals surface area (Å²) in [4.78, 5) is 28.5. The number of carbonyl (C=O) groups excluding carboxylic acids is 1. The lowest BCUT2D eigenvalue weighted by molar-refractivity contribution is -0.918. The maximum Gasteiger partial charge on any atom is 0.301 e. The van der Waals surface area contributed by atoms with E-state index in [-0.39, 0.29) is 42.1 Å². The Balaban J connectivity index is 1.39. The van der Waals surface area contributed by atoms with Crippen molar-refractivity contribution in [2.75, 3.05) is 13.1 Å². The van der Waals surface area contributed by atoms with Gasteiger partial charge in [0.25, 0.3) is 5.91 Å². The van der Waals surface area contributed by atoms with Crippen LogP contribution in [0.2, 0.25) is 0 Å². The van der Waals surface area contributed by atoms with Crippen LogP contribution in [0.3, 0.4) is 0 Å². The Hall–Kier alpha value is -2.79. The summed E-state index contributed by atoms with van der Waals surface area (Å²) in [6, 6.07) is 5.80. The van der Waals surface area contributed by atoms with Crippen LogP contribution in [0.25, 0.3) is 0 Å². The van der Waals surface area contributed by atoms with Crippen LogP contribution in [0.5, 0.6) is 5.75 Å². The van der Waals surface area contributed by atoms with Crippen molar-refractivity contribution in [3.05, 3.63) is 62.5 Å². The van der Waals surface area contributed by atoms with Crippen LogP contribution in [0.4, 0.5) is 10.1 Å². The summed E-state index contributed by atoms with van der Waals surface area (Å²) in [6.07, 6.45) is 3.62. The number of nitrogens with zero attached hydrogens (tertiary/aromatic N) is 3. The highest BCUT2D eigenvalue weighted by molar-refractivity contribution is 5.97. The van der Waals surface area contributed by atoms with Gasteiger partial charge in [0, 0.05) is 0 Å². The summed E-state index contributed by atoms with van der Waals surface area (Å²) in [7, 11) is 0. The predicted molar refractivity (Wildman–Crippen MR) is 118 cm³/mol. The zero-order valence-electron chi connectivity index (χ0n) is 18.7. The summed E-state index contributed by atoms with van der Waals surface area (Å²) < 4.78 is 14.6. The van der Waals surface area contributed by atoms with E-state index in [1.54, 1.807) is 17.0 Å². The number of carbonyl (C=O) groups is 1. The second kappa shape index (κ2) is 7.61. The average molecular weight is 471 g/mol. The molecule has 1 unspecified atom stereocenters. The van der Waals surface area contributed by atoms with Gasteiger partial charge in [0.05, 0.1) is 30.8 Å². The fourth-order valence-electron chi connectivity index (χ4n) is 5.64. The van der Waals surface area contributed by atoms with Crippen molar-refractivity contribution in [3.63, 3.8) is 0 Å². The van der Waals surface area contributed by atoms with Crippen molar-refractivity contribution in [1.82, 2.24) is 14.5 Å². The van der Waals surface area contributed by atoms with Crippen molar-refractivity contribution in [3.8, 4) is 5.75 Å². The van der Waals surface area contributed by atoms with Crippen molar-refractivity contribution in [2.45, 2.75) is 56.8 Å². The van der Waals surface area contributed by atoms with E-state index < -0.39 is 28.2 Å². The van der Waals surface area contributed by atoms with Crippen LogP contribution in [0.1, 0.15) is 59.9 Å². The Bertz CT molecular complexity index is 1220. The Kier molecular flexibility index (Phi) is 4.86. The molecule has 2 aliphatic heterocycles. The maximum absolute atomic E-state index is 13.6. The molecule has 3 heterocycles. The molecular weight excluding hydrogens is 443 g/mol. The normalized spacial score (nSPS) is 25.7. The van der Waals surface area contributed by atoms with Gasteiger partial charge in [0.15, 0.2) is 0 Å². The quantitative estimate of drug-likeness (QED) is 0.561. The number of hydrogen-bond acceptors (Lipinski definition) is 6. The van der Waals surface area contributed by atoms with Crippen LogP contribution in [0, 0.1) is 16.9 Å². The average Bonchev–Trinajstić information content (AvgIpc) is 3.59. The van der Waals surface area contributed by atoms with Crippen LogP contribution >= 0.6 is 0 Å². The first kappa shape index (κ1) is 21.7. The van der Waals surface area contributed by atoms with Gasteiger partial charge in [-0.15, -0.1) is 5.01 Å². The third-order valence-electron chi connectivity index (χ3n) is 7.75. The molecule has 6 rings (SSSR count). The van der Waals surface area contributed by atoms with Crippen molar-refractivity contribution < 1.29 is 24.6 Å². The molecule has 0 bridgehead atoms. The molecule has 10 heteroatoms. The third kappa shape index (κ3) is 3.28. The molecule has 0 saturated heterocycles. The van der Waals surface area contributed by atoms with E-state index in [9.17, 15) is 29.4 Å². The van der Waals surface area contributed by atoms with Gasteiger partial charge in [0.2, 0.25) is 11.4 Å². The molecule has 3 N–H and O–H groups in total. The number of quaternary nitrogens is 1. The largest absolute Gasteiger partial charge is 0.608 e. The molecule has 2 aromatic rings. The van der Waals surface area contributed by atoms with E-state index >= 15 is 0 Å². The topological polar surface area (TPSA) is 114 Å². The van der Waals surface area contributed by atoms with Crippen LogP contribution in [-0.4, -0.2) is 49.3 Å². The van der Waals surface area contributed by atoms with Crippen LogP contribution in [-0.2, 0) is 13.0 Å². The highest BCUT2D eigenvalue weighted by atomic mass is 19.1. The highest BCUT2D eigenvalue weighted by Gasteiger charge is 2.52. The van der Waals surface area contributed by atoms with Crippen LogP contribution in [0.15, 0.2) is 29.1 Å². The monoisotopic (exact) mass is 470 g/mol. The Morgan fingerprint density at radius 1 is 1.18 bits per heavy atom. The summed E-state index contributed by atoms with van der Waals surface area (Å²) in [6.45, 7) is 0.654. The van der Waals surface area contributed by atoms with Gasteiger partial charge in [-0.2, -0.15) is 0 Å². The summed E-state index contributed by atoms with van der Waals surface area (Å²) in [5.74, 6) is -1.26. The van der Waals surface area contributed by atoms with Gasteiger partial charge in [-0.25, -0.2) is 4.39 Å². The number of nitrogens with one attached hydrogen (secondary N) is 1. The van der Waals surface area contributed by atoms with E-state index in [1.165, 1.54) is 21.7 Å². The molecule has 0 radical (unpaired) electrons. The number of hydrogen-bond donors (Lipinski definition) is 3. The first-order valence-corrected chi connectivity index (χ1v) is 11.8. The van der Waals surface area contributed by atoms with E-state index in [1.807, 2.05) is 0 Å². The first-order valence-electron chi connectivity index (χ1n) is 11.8. The zero-order valence-corrected chi connectivity index (χ0v) is 18.7. The molecule has 4 aliphatic rings. The number of benzene rings is 1. The van der Waals surface area contributed by atoms with Gasteiger partial charge in [-0.05, 0) is 62.1 Å². The lowest BCUT2D eigenvalue weighted by Gasteiger charge is -2.41. The Labute approximate surface area is 195 Å².